The molecule has 0 aliphatic rings. The van der Waals surface area contributed by atoms with Gasteiger partial charge in [-0.25, -0.2) is 4.98 Å². The van der Waals surface area contributed by atoms with Crippen LogP contribution in [0, 0.1) is 10.1 Å². The molecule has 0 fully saturated rings. The third-order valence-corrected chi connectivity index (χ3v) is 2.95. The molecule has 6 nitrogen and oxygen atoms in total. The fourth-order valence-electron chi connectivity index (χ4n) is 1.24. The molecular formula is C10H6ClN3O3S. The minimum absolute atomic E-state index is 0.0706. The van der Waals surface area contributed by atoms with Crippen molar-refractivity contribution < 1.29 is 9.72 Å². The lowest BCUT2D eigenvalue weighted by molar-refractivity contribution is -0.384. The van der Waals surface area contributed by atoms with E-state index in [1.54, 1.807) is 16.8 Å². The summed E-state index contributed by atoms with van der Waals surface area (Å²) in [5.41, 5.74) is 0.110. The van der Waals surface area contributed by atoms with Gasteiger partial charge in [-0.3, -0.25) is 14.9 Å². The zero-order chi connectivity index (χ0) is 13.1. The lowest BCUT2D eigenvalue weighted by atomic mass is 10.3. The van der Waals surface area contributed by atoms with E-state index in [1.807, 2.05) is 0 Å². The lowest BCUT2D eigenvalue weighted by Crippen LogP contribution is -2.13. The molecule has 0 saturated heterocycles. The van der Waals surface area contributed by atoms with Crippen LogP contribution in [0.2, 0.25) is 5.15 Å². The van der Waals surface area contributed by atoms with Crippen molar-refractivity contribution >= 4 is 40.4 Å². The molecule has 1 amide bonds. The van der Waals surface area contributed by atoms with E-state index in [1.165, 1.54) is 23.5 Å². The molecular weight excluding hydrogens is 278 g/mol. The summed E-state index contributed by atoms with van der Waals surface area (Å²) in [5.74, 6) is -0.627. The number of rotatable bonds is 3. The van der Waals surface area contributed by atoms with Crippen LogP contribution in [0.3, 0.4) is 0 Å². The van der Waals surface area contributed by atoms with E-state index in [0.717, 1.165) is 0 Å². The summed E-state index contributed by atoms with van der Waals surface area (Å²) in [6.45, 7) is 0. The third-order valence-electron chi connectivity index (χ3n) is 2.05. The van der Waals surface area contributed by atoms with Gasteiger partial charge in [-0.1, -0.05) is 11.6 Å². The monoisotopic (exact) mass is 283 g/mol. The van der Waals surface area contributed by atoms with E-state index in [9.17, 15) is 14.9 Å². The number of aromatic nitrogens is 1. The summed E-state index contributed by atoms with van der Waals surface area (Å²) in [5, 5.41) is 16.6. The van der Waals surface area contributed by atoms with Crippen molar-refractivity contribution in [1.82, 2.24) is 4.98 Å². The Balaban J connectivity index is 2.31. The summed E-state index contributed by atoms with van der Waals surface area (Å²) in [6, 6.07) is 4.09. The molecule has 1 N–H and O–H groups in total. The quantitative estimate of drug-likeness (QED) is 0.533. The summed E-state index contributed by atoms with van der Waals surface area (Å²) in [7, 11) is 0. The number of anilines is 1. The Morgan fingerprint density at radius 3 is 2.83 bits per heavy atom. The first-order chi connectivity index (χ1) is 8.58. The molecule has 2 heterocycles. The smallest absolute Gasteiger partial charge is 0.301 e. The Morgan fingerprint density at radius 2 is 2.22 bits per heavy atom. The van der Waals surface area contributed by atoms with Gasteiger partial charge >= 0.3 is 5.69 Å². The highest BCUT2D eigenvalue weighted by atomic mass is 35.5. The Kier molecular flexibility index (Phi) is 3.54. The van der Waals surface area contributed by atoms with Crippen molar-refractivity contribution in [3.63, 3.8) is 0 Å². The average molecular weight is 284 g/mol. The number of carbonyl (C=O) groups excluding carboxylic acids is 1. The van der Waals surface area contributed by atoms with Gasteiger partial charge in [0.05, 0.1) is 10.5 Å². The second kappa shape index (κ2) is 5.11. The van der Waals surface area contributed by atoms with Gasteiger partial charge in [0.1, 0.15) is 5.15 Å². The highest BCUT2D eigenvalue weighted by Gasteiger charge is 2.18. The van der Waals surface area contributed by atoms with Crippen molar-refractivity contribution in [2.75, 3.05) is 5.32 Å². The number of halogens is 1. The first-order valence-corrected chi connectivity index (χ1v) is 6.04. The van der Waals surface area contributed by atoms with E-state index >= 15 is 0 Å². The van der Waals surface area contributed by atoms with Crippen molar-refractivity contribution in [3.8, 4) is 0 Å². The molecule has 92 valence electrons. The van der Waals surface area contributed by atoms with Crippen molar-refractivity contribution in [2.45, 2.75) is 0 Å². The fraction of sp³-hybridized carbons (Fsp3) is 0. The number of nitro groups is 1. The predicted octanol–water partition coefficient (Wildman–Crippen LogP) is 2.96. The van der Waals surface area contributed by atoms with E-state index in [2.05, 4.69) is 10.3 Å². The zero-order valence-electron chi connectivity index (χ0n) is 8.79. The van der Waals surface area contributed by atoms with Crippen LogP contribution < -0.4 is 5.32 Å². The first-order valence-electron chi connectivity index (χ1n) is 4.72. The zero-order valence-corrected chi connectivity index (χ0v) is 10.4. The molecule has 0 bridgehead atoms. The molecule has 2 rings (SSSR count). The van der Waals surface area contributed by atoms with E-state index < -0.39 is 10.8 Å². The molecule has 0 unspecified atom stereocenters. The summed E-state index contributed by atoms with van der Waals surface area (Å²) in [6.07, 6.45) is 0. The largest absolute Gasteiger partial charge is 0.311 e. The minimum Gasteiger partial charge on any atom is -0.301 e. The fourth-order valence-corrected chi connectivity index (χ4v) is 2.02. The Hall–Kier alpha value is -1.99. The van der Waals surface area contributed by atoms with Crippen molar-refractivity contribution in [1.29, 1.82) is 0 Å². The molecule has 2 aromatic heterocycles. The second-order valence-electron chi connectivity index (χ2n) is 3.22. The number of nitrogens with zero attached hydrogens (tertiary/aromatic N) is 2. The van der Waals surface area contributed by atoms with Crippen LogP contribution in [-0.2, 0) is 0 Å². The molecule has 0 aliphatic carbocycles. The normalized spacial score (nSPS) is 10.1. The molecule has 18 heavy (non-hydrogen) atoms. The topological polar surface area (TPSA) is 85.1 Å². The van der Waals surface area contributed by atoms with E-state index in [-0.39, 0.29) is 16.7 Å². The number of hydrogen-bond acceptors (Lipinski definition) is 5. The minimum atomic E-state index is -0.632. The van der Waals surface area contributed by atoms with E-state index in [4.69, 9.17) is 11.6 Å². The predicted molar refractivity (Wildman–Crippen MR) is 68.2 cm³/mol. The number of nitrogens with one attached hydrogen (secondary N) is 1. The Labute approximate surface area is 110 Å². The number of pyridine rings is 1. The van der Waals surface area contributed by atoms with Gasteiger partial charge in [-0.2, -0.15) is 11.3 Å². The number of amides is 1. The standard InChI is InChI=1S/C10H6ClN3O3S/c11-8-2-1-7(14(16)17)9(12-8)13-10(15)6-3-4-18-5-6/h1-5H,(H,12,13,15). The SMILES string of the molecule is O=C(Nc1nc(Cl)ccc1[N+](=O)[O-])c1ccsc1. The summed E-state index contributed by atoms with van der Waals surface area (Å²) in [4.78, 5) is 25.6. The van der Waals surface area contributed by atoms with Crippen LogP contribution in [0.1, 0.15) is 10.4 Å². The maximum Gasteiger partial charge on any atom is 0.311 e. The van der Waals surface area contributed by atoms with Gasteiger partial charge in [0.2, 0.25) is 5.82 Å². The highest BCUT2D eigenvalue weighted by molar-refractivity contribution is 7.08. The van der Waals surface area contributed by atoms with Crippen LogP contribution in [0.15, 0.2) is 29.0 Å². The van der Waals surface area contributed by atoms with Crippen LogP contribution in [0.4, 0.5) is 11.5 Å². The highest BCUT2D eigenvalue weighted by Crippen LogP contribution is 2.24. The second-order valence-corrected chi connectivity index (χ2v) is 4.39. The Morgan fingerprint density at radius 1 is 1.44 bits per heavy atom. The summed E-state index contributed by atoms with van der Waals surface area (Å²) >= 11 is 7.00. The average Bonchev–Trinajstić information content (AvgIpc) is 2.81. The van der Waals surface area contributed by atoms with Gasteiger partial charge in [-0.15, -0.1) is 0 Å². The first kappa shape index (κ1) is 12.5. The molecule has 0 atom stereocenters. The van der Waals surface area contributed by atoms with Crippen LogP contribution in [0.25, 0.3) is 0 Å². The van der Waals surface area contributed by atoms with Gasteiger partial charge < -0.3 is 5.32 Å². The number of hydrogen-bond donors (Lipinski definition) is 1. The molecule has 0 spiro atoms. The number of carbonyl (C=O) groups is 1. The number of thiophene rings is 1. The maximum absolute atomic E-state index is 11.8. The third kappa shape index (κ3) is 2.63. The van der Waals surface area contributed by atoms with Crippen LogP contribution in [-0.4, -0.2) is 15.8 Å². The van der Waals surface area contributed by atoms with E-state index in [0.29, 0.717) is 5.56 Å². The molecule has 0 saturated carbocycles. The van der Waals surface area contributed by atoms with Crippen LogP contribution in [0.5, 0.6) is 0 Å². The van der Waals surface area contributed by atoms with Gasteiger partial charge in [0.15, 0.2) is 0 Å². The lowest BCUT2D eigenvalue weighted by Gasteiger charge is -2.04. The van der Waals surface area contributed by atoms with Gasteiger partial charge in [0.25, 0.3) is 5.91 Å². The van der Waals surface area contributed by atoms with Gasteiger partial charge in [0, 0.05) is 11.4 Å². The molecule has 0 radical (unpaired) electrons. The maximum atomic E-state index is 11.8. The van der Waals surface area contributed by atoms with Crippen molar-refractivity contribution in [3.05, 3.63) is 49.8 Å². The Bertz CT molecular complexity index is 600. The molecule has 2 aromatic rings. The molecule has 8 heteroatoms. The van der Waals surface area contributed by atoms with Crippen LogP contribution >= 0.6 is 22.9 Å². The molecule has 0 aromatic carbocycles. The molecule has 0 aliphatic heterocycles. The summed E-state index contributed by atoms with van der Waals surface area (Å²) < 4.78 is 0. The van der Waals surface area contributed by atoms with Gasteiger partial charge in [-0.05, 0) is 17.5 Å². The van der Waals surface area contributed by atoms with Crippen molar-refractivity contribution in [2.24, 2.45) is 0 Å².